The number of H-pyrrole nitrogens is 1. The van der Waals surface area contributed by atoms with E-state index in [4.69, 9.17) is 0 Å². The zero-order chi connectivity index (χ0) is 13.1. The summed E-state index contributed by atoms with van der Waals surface area (Å²) in [6.07, 6.45) is 5.79. The standard InChI is InChI=1S/C16H17N3/c1-12(13-5-4-8-17-9-13)18-10-14-11-19-16-7-3-2-6-15(14)16/h2-9,11-12,18-19H,10H2,1H3/t12-/m1/s1. The molecule has 0 radical (unpaired) electrons. The van der Waals surface area contributed by atoms with E-state index >= 15 is 0 Å². The minimum atomic E-state index is 0.294. The number of rotatable bonds is 4. The SMILES string of the molecule is C[C@@H](NCc1c[nH]c2ccccc12)c1cccnc1. The molecule has 0 saturated carbocycles. The summed E-state index contributed by atoms with van der Waals surface area (Å²) >= 11 is 0. The van der Waals surface area contributed by atoms with Gasteiger partial charge in [-0.05, 0) is 30.2 Å². The molecule has 0 bridgehead atoms. The van der Waals surface area contributed by atoms with Crippen LogP contribution in [-0.4, -0.2) is 9.97 Å². The average molecular weight is 251 g/mol. The van der Waals surface area contributed by atoms with E-state index < -0.39 is 0 Å². The number of hydrogen-bond donors (Lipinski definition) is 2. The third-order valence-electron chi connectivity index (χ3n) is 3.46. The summed E-state index contributed by atoms with van der Waals surface area (Å²) in [4.78, 5) is 7.45. The summed E-state index contributed by atoms with van der Waals surface area (Å²) in [7, 11) is 0. The first-order chi connectivity index (χ1) is 9.34. The quantitative estimate of drug-likeness (QED) is 0.746. The molecule has 3 rings (SSSR count). The monoisotopic (exact) mass is 251 g/mol. The van der Waals surface area contributed by atoms with Crippen molar-refractivity contribution in [1.82, 2.24) is 15.3 Å². The Kier molecular flexibility index (Phi) is 3.29. The van der Waals surface area contributed by atoms with Gasteiger partial charge in [0.2, 0.25) is 0 Å². The molecule has 3 nitrogen and oxygen atoms in total. The molecule has 3 heteroatoms. The summed E-state index contributed by atoms with van der Waals surface area (Å²) in [5.41, 5.74) is 3.70. The van der Waals surface area contributed by atoms with Crippen LogP contribution in [0.5, 0.6) is 0 Å². The summed E-state index contributed by atoms with van der Waals surface area (Å²) in [6.45, 7) is 3.01. The summed E-state index contributed by atoms with van der Waals surface area (Å²) in [5.74, 6) is 0. The molecule has 96 valence electrons. The Morgan fingerprint density at radius 3 is 2.95 bits per heavy atom. The molecule has 1 aromatic carbocycles. The van der Waals surface area contributed by atoms with Crippen molar-refractivity contribution >= 4 is 10.9 Å². The van der Waals surface area contributed by atoms with E-state index in [9.17, 15) is 0 Å². The number of fused-ring (bicyclic) bond motifs is 1. The van der Waals surface area contributed by atoms with E-state index in [1.54, 1.807) is 6.20 Å². The predicted molar refractivity (Wildman–Crippen MR) is 77.8 cm³/mol. The van der Waals surface area contributed by atoms with Crippen LogP contribution in [-0.2, 0) is 6.54 Å². The Morgan fingerprint density at radius 2 is 2.11 bits per heavy atom. The molecule has 2 N–H and O–H groups in total. The molecule has 0 fully saturated rings. The molecule has 0 aliphatic heterocycles. The Balaban J connectivity index is 1.73. The van der Waals surface area contributed by atoms with Crippen molar-refractivity contribution in [3.63, 3.8) is 0 Å². The van der Waals surface area contributed by atoms with Gasteiger partial charge in [-0.2, -0.15) is 0 Å². The van der Waals surface area contributed by atoms with Crippen LogP contribution in [0.15, 0.2) is 55.0 Å². The van der Waals surface area contributed by atoms with E-state index in [1.807, 2.05) is 18.3 Å². The van der Waals surface area contributed by atoms with Gasteiger partial charge in [-0.15, -0.1) is 0 Å². The Labute approximate surface area is 112 Å². The molecular formula is C16H17N3. The van der Waals surface area contributed by atoms with Gasteiger partial charge in [0.15, 0.2) is 0 Å². The molecule has 0 unspecified atom stereocenters. The number of hydrogen-bond acceptors (Lipinski definition) is 2. The van der Waals surface area contributed by atoms with Gasteiger partial charge in [0.25, 0.3) is 0 Å². The first-order valence-corrected chi connectivity index (χ1v) is 6.53. The van der Waals surface area contributed by atoms with Crippen LogP contribution in [0.2, 0.25) is 0 Å². The van der Waals surface area contributed by atoms with Crippen molar-refractivity contribution in [2.24, 2.45) is 0 Å². The molecule has 3 aromatic rings. The zero-order valence-electron chi connectivity index (χ0n) is 10.9. The van der Waals surface area contributed by atoms with Crippen LogP contribution in [0.3, 0.4) is 0 Å². The number of pyridine rings is 1. The third kappa shape index (κ3) is 2.51. The highest BCUT2D eigenvalue weighted by Gasteiger charge is 2.07. The fourth-order valence-electron chi connectivity index (χ4n) is 2.29. The lowest BCUT2D eigenvalue weighted by Crippen LogP contribution is -2.17. The third-order valence-corrected chi connectivity index (χ3v) is 3.46. The van der Waals surface area contributed by atoms with Gasteiger partial charge in [0, 0.05) is 42.1 Å². The molecule has 2 aromatic heterocycles. The van der Waals surface area contributed by atoms with Crippen molar-refractivity contribution < 1.29 is 0 Å². The predicted octanol–water partition coefficient (Wildman–Crippen LogP) is 3.41. The van der Waals surface area contributed by atoms with Crippen LogP contribution in [0, 0.1) is 0 Å². The number of aromatic nitrogens is 2. The number of nitrogens with one attached hydrogen (secondary N) is 2. The van der Waals surface area contributed by atoms with E-state index in [2.05, 4.69) is 52.7 Å². The topological polar surface area (TPSA) is 40.7 Å². The van der Waals surface area contributed by atoms with Gasteiger partial charge in [-0.25, -0.2) is 0 Å². The largest absolute Gasteiger partial charge is 0.361 e. The highest BCUT2D eigenvalue weighted by Crippen LogP contribution is 2.18. The van der Waals surface area contributed by atoms with Gasteiger partial charge in [-0.1, -0.05) is 24.3 Å². The number of benzene rings is 1. The number of aromatic amines is 1. The minimum absolute atomic E-state index is 0.294. The molecule has 1 atom stereocenters. The van der Waals surface area contributed by atoms with Crippen LogP contribution in [0.1, 0.15) is 24.1 Å². The molecular weight excluding hydrogens is 234 g/mol. The zero-order valence-corrected chi connectivity index (χ0v) is 10.9. The second-order valence-electron chi connectivity index (χ2n) is 4.75. The first-order valence-electron chi connectivity index (χ1n) is 6.53. The molecule has 19 heavy (non-hydrogen) atoms. The Hall–Kier alpha value is -2.13. The molecule has 0 aliphatic carbocycles. The maximum Gasteiger partial charge on any atom is 0.0457 e. The molecule has 0 spiro atoms. The van der Waals surface area contributed by atoms with Gasteiger partial charge in [0.1, 0.15) is 0 Å². The maximum absolute atomic E-state index is 4.15. The average Bonchev–Trinajstić information content (AvgIpc) is 2.89. The first kappa shape index (κ1) is 11.9. The van der Waals surface area contributed by atoms with Crippen LogP contribution >= 0.6 is 0 Å². The second kappa shape index (κ2) is 5.24. The smallest absolute Gasteiger partial charge is 0.0457 e. The van der Waals surface area contributed by atoms with E-state index in [-0.39, 0.29) is 0 Å². The Morgan fingerprint density at radius 1 is 1.21 bits per heavy atom. The highest BCUT2D eigenvalue weighted by molar-refractivity contribution is 5.82. The van der Waals surface area contributed by atoms with Gasteiger partial charge < -0.3 is 10.3 Å². The summed E-state index contributed by atoms with van der Waals surface area (Å²) in [5, 5.41) is 4.82. The van der Waals surface area contributed by atoms with E-state index in [1.165, 1.54) is 22.0 Å². The second-order valence-corrected chi connectivity index (χ2v) is 4.75. The number of nitrogens with zero attached hydrogens (tertiary/aromatic N) is 1. The van der Waals surface area contributed by atoms with Crippen molar-refractivity contribution in [3.8, 4) is 0 Å². The van der Waals surface area contributed by atoms with Crippen LogP contribution in [0.25, 0.3) is 10.9 Å². The summed E-state index contributed by atoms with van der Waals surface area (Å²) in [6, 6.07) is 12.7. The Bertz CT molecular complexity index is 658. The lowest BCUT2D eigenvalue weighted by atomic mass is 10.1. The molecule has 2 heterocycles. The molecule has 0 saturated heterocycles. The van der Waals surface area contributed by atoms with Gasteiger partial charge in [0.05, 0.1) is 0 Å². The van der Waals surface area contributed by atoms with Crippen molar-refractivity contribution in [2.45, 2.75) is 19.5 Å². The lowest BCUT2D eigenvalue weighted by Gasteiger charge is -2.13. The van der Waals surface area contributed by atoms with Crippen LogP contribution < -0.4 is 5.32 Å². The minimum Gasteiger partial charge on any atom is -0.361 e. The van der Waals surface area contributed by atoms with Crippen LogP contribution in [0.4, 0.5) is 0 Å². The van der Waals surface area contributed by atoms with Gasteiger partial charge >= 0.3 is 0 Å². The number of para-hydroxylation sites is 1. The van der Waals surface area contributed by atoms with Crippen molar-refractivity contribution in [1.29, 1.82) is 0 Å². The van der Waals surface area contributed by atoms with Crippen molar-refractivity contribution in [2.75, 3.05) is 0 Å². The maximum atomic E-state index is 4.15. The molecule has 0 aliphatic rings. The highest BCUT2D eigenvalue weighted by atomic mass is 14.9. The fourth-order valence-corrected chi connectivity index (χ4v) is 2.29. The lowest BCUT2D eigenvalue weighted by molar-refractivity contribution is 0.575. The van der Waals surface area contributed by atoms with E-state index in [0.29, 0.717) is 6.04 Å². The van der Waals surface area contributed by atoms with E-state index in [0.717, 1.165) is 6.54 Å². The van der Waals surface area contributed by atoms with Crippen molar-refractivity contribution in [3.05, 3.63) is 66.1 Å². The fraction of sp³-hybridized carbons (Fsp3) is 0.188. The molecule has 0 amide bonds. The van der Waals surface area contributed by atoms with Gasteiger partial charge in [-0.3, -0.25) is 4.98 Å². The normalized spacial score (nSPS) is 12.7. The summed E-state index contributed by atoms with van der Waals surface area (Å²) < 4.78 is 0.